The lowest BCUT2D eigenvalue weighted by Gasteiger charge is -2.08. The second-order valence-electron chi connectivity index (χ2n) is 5.91. The molecular formula is C20H21N3O3. The van der Waals surface area contributed by atoms with Crippen LogP contribution in [0.5, 0.6) is 5.75 Å². The average Bonchev–Trinajstić information content (AvgIpc) is 3.02. The quantitative estimate of drug-likeness (QED) is 0.670. The summed E-state index contributed by atoms with van der Waals surface area (Å²) in [4.78, 5) is 24.5. The number of carbonyl (C=O) groups is 2. The van der Waals surface area contributed by atoms with E-state index in [-0.39, 0.29) is 11.8 Å². The maximum atomic E-state index is 12.4. The Hall–Kier alpha value is -3.28. The number of nitrogens with zero attached hydrogens (tertiary/aromatic N) is 1. The third kappa shape index (κ3) is 3.69. The van der Waals surface area contributed by atoms with Crippen LogP contribution in [0.2, 0.25) is 0 Å². The number of amides is 2. The second-order valence-corrected chi connectivity index (χ2v) is 5.91. The highest BCUT2D eigenvalue weighted by atomic mass is 16.5. The van der Waals surface area contributed by atoms with E-state index in [1.54, 1.807) is 31.4 Å². The lowest BCUT2D eigenvalue weighted by atomic mass is 10.1. The molecule has 0 bridgehead atoms. The third-order valence-corrected chi connectivity index (χ3v) is 4.17. The molecule has 0 aliphatic heterocycles. The molecule has 2 N–H and O–H groups in total. The first-order valence-corrected chi connectivity index (χ1v) is 8.34. The number of carbonyl (C=O) groups excluding carboxylic acids is 2. The predicted octanol–water partition coefficient (Wildman–Crippen LogP) is 2.35. The molecule has 6 heteroatoms. The van der Waals surface area contributed by atoms with Gasteiger partial charge in [-0.15, -0.1) is 0 Å². The van der Waals surface area contributed by atoms with E-state index in [0.717, 1.165) is 10.9 Å². The molecule has 0 aliphatic carbocycles. The highest BCUT2D eigenvalue weighted by Crippen LogP contribution is 2.19. The molecule has 2 amide bonds. The predicted molar refractivity (Wildman–Crippen MR) is 101 cm³/mol. The highest BCUT2D eigenvalue weighted by Gasteiger charge is 2.13. The van der Waals surface area contributed by atoms with Crippen LogP contribution in [0.15, 0.2) is 54.7 Å². The Balaban J connectivity index is 1.54. The van der Waals surface area contributed by atoms with Crippen LogP contribution in [0, 0.1) is 0 Å². The molecule has 6 nitrogen and oxygen atoms in total. The number of hydrogen-bond donors (Lipinski definition) is 2. The Labute approximate surface area is 151 Å². The van der Waals surface area contributed by atoms with E-state index in [9.17, 15) is 9.59 Å². The van der Waals surface area contributed by atoms with Crippen LogP contribution in [0.25, 0.3) is 10.9 Å². The van der Waals surface area contributed by atoms with Gasteiger partial charge in [-0.2, -0.15) is 0 Å². The molecule has 0 aliphatic rings. The van der Waals surface area contributed by atoms with E-state index in [0.29, 0.717) is 30.0 Å². The lowest BCUT2D eigenvalue weighted by Crippen LogP contribution is -2.34. The highest BCUT2D eigenvalue weighted by molar-refractivity contribution is 6.07. The van der Waals surface area contributed by atoms with E-state index in [1.807, 2.05) is 42.1 Å². The van der Waals surface area contributed by atoms with Gasteiger partial charge in [0.2, 0.25) is 0 Å². The number of fused-ring (bicyclic) bond motifs is 1. The van der Waals surface area contributed by atoms with Crippen LogP contribution in [0.1, 0.15) is 20.7 Å². The van der Waals surface area contributed by atoms with Crippen LogP contribution in [0.3, 0.4) is 0 Å². The summed E-state index contributed by atoms with van der Waals surface area (Å²) in [5, 5.41) is 6.54. The number of ether oxygens (including phenoxy) is 1. The van der Waals surface area contributed by atoms with Crippen LogP contribution in [-0.2, 0) is 7.05 Å². The van der Waals surface area contributed by atoms with Gasteiger partial charge >= 0.3 is 0 Å². The number of benzene rings is 2. The molecular weight excluding hydrogens is 330 g/mol. The Bertz CT molecular complexity index is 946. The minimum atomic E-state index is -0.205. The Kier molecular flexibility index (Phi) is 5.22. The molecule has 1 heterocycles. The van der Waals surface area contributed by atoms with Crippen molar-refractivity contribution in [3.05, 3.63) is 65.9 Å². The van der Waals surface area contributed by atoms with Gasteiger partial charge in [0.15, 0.2) is 0 Å². The molecule has 0 radical (unpaired) electrons. The van der Waals surface area contributed by atoms with Crippen molar-refractivity contribution in [3.63, 3.8) is 0 Å². The van der Waals surface area contributed by atoms with Crippen molar-refractivity contribution >= 4 is 22.7 Å². The summed E-state index contributed by atoms with van der Waals surface area (Å²) >= 11 is 0. The molecule has 0 unspecified atom stereocenters. The van der Waals surface area contributed by atoms with Crippen molar-refractivity contribution in [1.29, 1.82) is 0 Å². The summed E-state index contributed by atoms with van der Waals surface area (Å²) in [6.45, 7) is 0.685. The Morgan fingerprint density at radius 3 is 2.50 bits per heavy atom. The SMILES string of the molecule is COc1cccc(C(=O)NCCNC(=O)c2cn(C)c3ccccc23)c1. The van der Waals surface area contributed by atoms with E-state index >= 15 is 0 Å². The normalized spacial score (nSPS) is 10.5. The molecule has 0 atom stereocenters. The van der Waals surface area contributed by atoms with E-state index in [4.69, 9.17) is 4.74 Å². The molecule has 3 aromatic rings. The van der Waals surface area contributed by atoms with Crippen molar-refractivity contribution in [2.45, 2.75) is 0 Å². The topological polar surface area (TPSA) is 72.4 Å². The van der Waals surface area contributed by atoms with Crippen molar-refractivity contribution < 1.29 is 14.3 Å². The van der Waals surface area contributed by atoms with Crippen LogP contribution >= 0.6 is 0 Å². The van der Waals surface area contributed by atoms with Gasteiger partial charge in [0.1, 0.15) is 5.75 Å². The zero-order valence-corrected chi connectivity index (χ0v) is 14.8. The Morgan fingerprint density at radius 2 is 1.73 bits per heavy atom. The van der Waals surface area contributed by atoms with Gasteiger partial charge in [-0.05, 0) is 24.3 Å². The average molecular weight is 351 g/mol. The first kappa shape index (κ1) is 17.5. The minimum Gasteiger partial charge on any atom is -0.497 e. The van der Waals surface area contributed by atoms with Gasteiger partial charge in [-0.25, -0.2) is 0 Å². The fourth-order valence-corrected chi connectivity index (χ4v) is 2.84. The van der Waals surface area contributed by atoms with Gasteiger partial charge in [0.25, 0.3) is 11.8 Å². The molecule has 1 aromatic heterocycles. The zero-order chi connectivity index (χ0) is 18.5. The second kappa shape index (κ2) is 7.74. The summed E-state index contributed by atoms with van der Waals surface area (Å²) < 4.78 is 7.03. The minimum absolute atomic E-state index is 0.155. The first-order valence-electron chi connectivity index (χ1n) is 8.34. The molecule has 134 valence electrons. The largest absolute Gasteiger partial charge is 0.497 e. The Morgan fingerprint density at radius 1 is 1.00 bits per heavy atom. The molecule has 0 saturated carbocycles. The summed E-state index contributed by atoms with van der Waals surface area (Å²) in [7, 11) is 3.47. The number of aromatic nitrogens is 1. The van der Waals surface area contributed by atoms with Gasteiger partial charge < -0.3 is 19.9 Å². The van der Waals surface area contributed by atoms with E-state index in [1.165, 1.54) is 0 Å². The molecule has 0 spiro atoms. The molecule has 0 saturated heterocycles. The number of para-hydroxylation sites is 1. The molecule has 2 aromatic carbocycles. The third-order valence-electron chi connectivity index (χ3n) is 4.17. The van der Waals surface area contributed by atoms with E-state index < -0.39 is 0 Å². The fourth-order valence-electron chi connectivity index (χ4n) is 2.84. The monoisotopic (exact) mass is 351 g/mol. The summed E-state index contributed by atoms with van der Waals surface area (Å²) in [6.07, 6.45) is 1.81. The smallest absolute Gasteiger partial charge is 0.253 e. The maximum Gasteiger partial charge on any atom is 0.253 e. The molecule has 26 heavy (non-hydrogen) atoms. The number of hydrogen-bond acceptors (Lipinski definition) is 3. The van der Waals surface area contributed by atoms with Crippen molar-refractivity contribution in [2.75, 3.05) is 20.2 Å². The van der Waals surface area contributed by atoms with Crippen LogP contribution in [0.4, 0.5) is 0 Å². The maximum absolute atomic E-state index is 12.4. The number of rotatable bonds is 6. The van der Waals surface area contributed by atoms with Gasteiger partial charge in [0.05, 0.1) is 12.7 Å². The zero-order valence-electron chi connectivity index (χ0n) is 14.8. The summed E-state index contributed by atoms with van der Waals surface area (Å²) in [5.41, 5.74) is 2.15. The summed E-state index contributed by atoms with van der Waals surface area (Å²) in [6, 6.07) is 14.7. The van der Waals surface area contributed by atoms with Crippen LogP contribution < -0.4 is 15.4 Å². The number of methoxy groups -OCH3 is 1. The summed E-state index contributed by atoms with van der Waals surface area (Å²) in [5.74, 6) is 0.266. The van der Waals surface area contributed by atoms with E-state index in [2.05, 4.69) is 10.6 Å². The van der Waals surface area contributed by atoms with Crippen molar-refractivity contribution in [2.24, 2.45) is 7.05 Å². The van der Waals surface area contributed by atoms with Gasteiger partial charge in [0, 0.05) is 42.8 Å². The standard InChI is InChI=1S/C20H21N3O3/c1-23-13-17(16-8-3-4-9-18(16)23)20(25)22-11-10-21-19(24)14-6-5-7-15(12-14)26-2/h3-9,12-13H,10-11H2,1-2H3,(H,21,24)(H,22,25). The van der Waals surface area contributed by atoms with Gasteiger partial charge in [-0.3, -0.25) is 9.59 Å². The van der Waals surface area contributed by atoms with Gasteiger partial charge in [-0.1, -0.05) is 24.3 Å². The fraction of sp³-hybridized carbons (Fsp3) is 0.200. The van der Waals surface area contributed by atoms with Crippen molar-refractivity contribution in [1.82, 2.24) is 15.2 Å². The number of aryl methyl sites for hydroxylation is 1. The van der Waals surface area contributed by atoms with Crippen molar-refractivity contribution in [3.8, 4) is 5.75 Å². The van der Waals surface area contributed by atoms with Crippen LogP contribution in [-0.4, -0.2) is 36.6 Å². The first-order chi connectivity index (χ1) is 12.6. The lowest BCUT2D eigenvalue weighted by molar-refractivity contribution is 0.0928. The molecule has 3 rings (SSSR count). The number of nitrogens with one attached hydrogen (secondary N) is 2. The molecule has 0 fully saturated rings.